The number of carbonyl (C=O) groups excluding carboxylic acids is 2. The van der Waals surface area contributed by atoms with Crippen molar-refractivity contribution >= 4 is 28.7 Å². The minimum Gasteiger partial charge on any atom is -0.480 e. The van der Waals surface area contributed by atoms with Gasteiger partial charge in [0.15, 0.2) is 0 Å². The summed E-state index contributed by atoms with van der Waals surface area (Å²) in [4.78, 5) is 42.1. The molecule has 7 heteroatoms. The summed E-state index contributed by atoms with van der Waals surface area (Å²) in [5.41, 5.74) is 1.52. The Kier molecular flexibility index (Phi) is 5.90. The van der Waals surface area contributed by atoms with Crippen LogP contribution in [0.3, 0.4) is 0 Å². The molecule has 7 nitrogen and oxygen atoms in total. The van der Waals surface area contributed by atoms with Gasteiger partial charge in [-0.2, -0.15) is 0 Å². The second-order valence-corrected chi connectivity index (χ2v) is 11.4. The quantitative estimate of drug-likeness (QED) is 0.477. The van der Waals surface area contributed by atoms with Gasteiger partial charge in [0.25, 0.3) is 0 Å². The molecule has 4 aliphatic carbocycles. The Labute approximate surface area is 200 Å². The number of carboxylic acid groups (broad SMARTS) is 1. The molecule has 4 aliphatic rings. The van der Waals surface area contributed by atoms with Crippen molar-refractivity contribution in [2.24, 2.45) is 29.1 Å². The van der Waals surface area contributed by atoms with Gasteiger partial charge in [0.2, 0.25) is 11.8 Å². The van der Waals surface area contributed by atoms with Crippen molar-refractivity contribution in [3.8, 4) is 0 Å². The SMILES string of the molecule is CC(C)[C@H](NC(=O)[C@@H](Cc1c[nH]c2ccccc12)NC(=O)C12CC3CC(CC(C3)C1)C2)C(=O)O. The Morgan fingerprint density at radius 1 is 1.03 bits per heavy atom. The minimum absolute atomic E-state index is 0.0250. The number of hydrogen-bond donors (Lipinski definition) is 4. The van der Waals surface area contributed by atoms with Crippen molar-refractivity contribution in [2.45, 2.75) is 70.9 Å². The Morgan fingerprint density at radius 3 is 2.24 bits per heavy atom. The molecule has 2 aromatic rings. The molecule has 4 saturated carbocycles. The number of aliphatic carboxylic acids is 1. The van der Waals surface area contributed by atoms with Crippen molar-refractivity contribution < 1.29 is 19.5 Å². The van der Waals surface area contributed by atoms with E-state index in [9.17, 15) is 19.5 Å². The number of carboxylic acids is 1. The van der Waals surface area contributed by atoms with Crippen LogP contribution < -0.4 is 10.6 Å². The molecule has 4 bridgehead atoms. The van der Waals surface area contributed by atoms with Crippen molar-refractivity contribution in [2.75, 3.05) is 0 Å². The number of benzene rings is 1. The Morgan fingerprint density at radius 2 is 1.65 bits per heavy atom. The van der Waals surface area contributed by atoms with Crippen LogP contribution >= 0.6 is 0 Å². The number of aromatic nitrogens is 1. The number of amides is 2. The first kappa shape index (κ1) is 22.9. The summed E-state index contributed by atoms with van der Waals surface area (Å²) in [7, 11) is 0. The number of aromatic amines is 1. The van der Waals surface area contributed by atoms with Gasteiger partial charge in [0.1, 0.15) is 12.1 Å². The molecular weight excluding hydrogens is 430 g/mol. The first-order chi connectivity index (χ1) is 16.2. The van der Waals surface area contributed by atoms with Gasteiger partial charge in [-0.1, -0.05) is 32.0 Å². The molecule has 0 spiro atoms. The smallest absolute Gasteiger partial charge is 0.326 e. The molecule has 2 atom stereocenters. The van der Waals surface area contributed by atoms with Crippen LogP contribution in [0.25, 0.3) is 10.9 Å². The number of H-pyrrole nitrogens is 1. The highest BCUT2D eigenvalue weighted by molar-refractivity contribution is 5.93. The normalized spacial score (nSPS) is 29.2. The van der Waals surface area contributed by atoms with E-state index in [0.717, 1.165) is 35.7 Å². The van der Waals surface area contributed by atoms with Crippen molar-refractivity contribution in [3.63, 3.8) is 0 Å². The maximum Gasteiger partial charge on any atom is 0.326 e. The Balaban J connectivity index is 1.40. The van der Waals surface area contributed by atoms with E-state index in [2.05, 4.69) is 15.6 Å². The van der Waals surface area contributed by atoms with Gasteiger partial charge in [-0.25, -0.2) is 4.79 Å². The molecule has 1 aromatic carbocycles. The van der Waals surface area contributed by atoms with E-state index in [0.29, 0.717) is 24.2 Å². The maximum absolute atomic E-state index is 13.7. The van der Waals surface area contributed by atoms with Crippen LogP contribution in [0.15, 0.2) is 30.5 Å². The van der Waals surface area contributed by atoms with Crippen LogP contribution in [-0.2, 0) is 20.8 Å². The summed E-state index contributed by atoms with van der Waals surface area (Å²) in [6.45, 7) is 3.53. The number of carbonyl (C=O) groups is 3. The van der Waals surface area contributed by atoms with E-state index >= 15 is 0 Å². The molecule has 34 heavy (non-hydrogen) atoms. The zero-order chi connectivity index (χ0) is 24.0. The molecule has 0 unspecified atom stereocenters. The number of fused-ring (bicyclic) bond motifs is 1. The number of hydrogen-bond acceptors (Lipinski definition) is 3. The lowest BCUT2D eigenvalue weighted by Gasteiger charge is -2.55. The van der Waals surface area contributed by atoms with Crippen LogP contribution in [0.2, 0.25) is 0 Å². The molecule has 4 fully saturated rings. The van der Waals surface area contributed by atoms with E-state index in [1.807, 2.05) is 30.5 Å². The average molecular weight is 466 g/mol. The van der Waals surface area contributed by atoms with Crippen LogP contribution in [-0.4, -0.2) is 40.0 Å². The fraction of sp³-hybridized carbons (Fsp3) is 0.593. The van der Waals surface area contributed by atoms with Crippen molar-refractivity contribution in [3.05, 3.63) is 36.0 Å². The number of para-hydroxylation sites is 1. The van der Waals surface area contributed by atoms with Gasteiger partial charge in [-0.05, 0) is 73.8 Å². The summed E-state index contributed by atoms with van der Waals surface area (Å²) >= 11 is 0. The highest BCUT2D eigenvalue weighted by Crippen LogP contribution is 2.60. The molecule has 1 aromatic heterocycles. The van der Waals surface area contributed by atoms with Gasteiger partial charge in [0.05, 0.1) is 0 Å². The molecule has 2 amide bonds. The van der Waals surface area contributed by atoms with Gasteiger partial charge in [-0.3, -0.25) is 9.59 Å². The molecule has 1 heterocycles. The lowest BCUT2D eigenvalue weighted by atomic mass is 9.49. The van der Waals surface area contributed by atoms with Gasteiger partial charge >= 0.3 is 5.97 Å². The summed E-state index contributed by atoms with van der Waals surface area (Å²) in [6.07, 6.45) is 8.63. The summed E-state index contributed by atoms with van der Waals surface area (Å²) in [6, 6.07) is 6.02. The molecule has 0 radical (unpaired) electrons. The Hall–Kier alpha value is -2.83. The number of nitrogens with one attached hydrogen (secondary N) is 3. The highest BCUT2D eigenvalue weighted by atomic mass is 16.4. The first-order valence-corrected chi connectivity index (χ1v) is 12.6. The zero-order valence-electron chi connectivity index (χ0n) is 20.0. The Bertz CT molecular complexity index is 1070. The second kappa shape index (κ2) is 8.75. The topological polar surface area (TPSA) is 111 Å². The minimum atomic E-state index is -1.07. The summed E-state index contributed by atoms with van der Waals surface area (Å²) < 4.78 is 0. The second-order valence-electron chi connectivity index (χ2n) is 11.4. The summed E-state index contributed by atoms with van der Waals surface area (Å²) in [5, 5.41) is 16.4. The zero-order valence-corrected chi connectivity index (χ0v) is 20.0. The predicted molar refractivity (Wildman–Crippen MR) is 129 cm³/mol. The predicted octanol–water partition coefficient (Wildman–Crippen LogP) is 3.64. The molecule has 0 saturated heterocycles. The van der Waals surface area contributed by atoms with Gasteiger partial charge in [-0.15, -0.1) is 0 Å². The third-order valence-electron chi connectivity index (χ3n) is 8.47. The van der Waals surface area contributed by atoms with E-state index in [1.165, 1.54) is 19.3 Å². The van der Waals surface area contributed by atoms with E-state index in [1.54, 1.807) is 13.8 Å². The fourth-order valence-corrected chi connectivity index (χ4v) is 7.20. The van der Waals surface area contributed by atoms with Crippen LogP contribution in [0, 0.1) is 29.1 Å². The van der Waals surface area contributed by atoms with Gasteiger partial charge in [0, 0.05) is 28.9 Å². The van der Waals surface area contributed by atoms with E-state index in [-0.39, 0.29) is 17.2 Å². The monoisotopic (exact) mass is 465 g/mol. The molecule has 6 rings (SSSR count). The van der Waals surface area contributed by atoms with Crippen LogP contribution in [0.4, 0.5) is 0 Å². The van der Waals surface area contributed by atoms with Gasteiger partial charge < -0.3 is 20.7 Å². The molecule has 4 N–H and O–H groups in total. The first-order valence-electron chi connectivity index (χ1n) is 12.6. The van der Waals surface area contributed by atoms with Crippen molar-refractivity contribution in [1.29, 1.82) is 0 Å². The van der Waals surface area contributed by atoms with Crippen molar-refractivity contribution in [1.82, 2.24) is 15.6 Å². The summed E-state index contributed by atoms with van der Waals surface area (Å²) in [5.74, 6) is 0.0591. The fourth-order valence-electron chi connectivity index (χ4n) is 7.20. The molecule has 0 aliphatic heterocycles. The molecule has 182 valence electrons. The largest absolute Gasteiger partial charge is 0.480 e. The van der Waals surface area contributed by atoms with Crippen LogP contribution in [0.1, 0.15) is 57.9 Å². The van der Waals surface area contributed by atoms with Crippen LogP contribution in [0.5, 0.6) is 0 Å². The lowest BCUT2D eigenvalue weighted by molar-refractivity contribution is -0.149. The standard InChI is InChI=1S/C27H35N3O4/c1-15(2)23(25(32)33)30-24(31)22(10-19-14-28-21-6-4-3-5-20(19)21)29-26(34)27-11-16-7-17(12-27)9-18(8-16)13-27/h3-6,14-18,22-23,28H,7-13H2,1-2H3,(H,29,34)(H,30,31)(H,32,33)/t16?,17?,18?,22-,23+,27?/m1/s1. The molecular formula is C27H35N3O4. The third kappa shape index (κ3) is 4.21. The lowest BCUT2D eigenvalue weighted by Crippen LogP contribution is -2.59. The van der Waals surface area contributed by atoms with E-state index < -0.39 is 24.0 Å². The maximum atomic E-state index is 13.7. The third-order valence-corrected chi connectivity index (χ3v) is 8.47. The highest BCUT2D eigenvalue weighted by Gasteiger charge is 2.55. The number of rotatable bonds is 8. The average Bonchev–Trinajstić information content (AvgIpc) is 3.18. The van der Waals surface area contributed by atoms with E-state index in [4.69, 9.17) is 0 Å².